The lowest BCUT2D eigenvalue weighted by Gasteiger charge is -2.05. The maximum Gasteiger partial charge on any atom is 0.178 e. The van der Waals surface area contributed by atoms with Crippen LogP contribution in [0.2, 0.25) is 0 Å². The van der Waals surface area contributed by atoms with Crippen LogP contribution in [0.15, 0.2) is 42.5 Å². The number of imidazole rings is 1. The number of fused-ring (bicyclic) bond motifs is 1. The molecule has 3 rings (SSSR count). The van der Waals surface area contributed by atoms with E-state index in [4.69, 9.17) is 12.2 Å². The van der Waals surface area contributed by atoms with Crippen molar-refractivity contribution in [3.63, 3.8) is 0 Å². The van der Waals surface area contributed by atoms with Crippen LogP contribution in [0, 0.1) is 16.4 Å². The van der Waals surface area contributed by atoms with E-state index in [-0.39, 0.29) is 11.6 Å². The summed E-state index contributed by atoms with van der Waals surface area (Å²) < 4.78 is 28.6. The molecule has 0 aliphatic carbocycles. The fourth-order valence-corrected chi connectivity index (χ4v) is 2.38. The number of H-pyrrole nitrogens is 1. The Kier molecular flexibility index (Phi) is 2.91. The summed E-state index contributed by atoms with van der Waals surface area (Å²) in [6.07, 6.45) is 0. The normalized spacial score (nSPS) is 11.1. The fraction of sp³-hybridized carbons (Fsp3) is 0.0714. The fourth-order valence-electron chi connectivity index (χ4n) is 2.11. The second kappa shape index (κ2) is 4.59. The van der Waals surface area contributed by atoms with Gasteiger partial charge in [-0.15, -0.1) is 0 Å². The molecule has 0 aliphatic rings. The molecule has 0 radical (unpaired) electrons. The van der Waals surface area contributed by atoms with E-state index in [9.17, 15) is 8.78 Å². The number of halogens is 2. The Morgan fingerprint density at radius 1 is 1.05 bits per heavy atom. The van der Waals surface area contributed by atoms with Crippen molar-refractivity contribution in [1.29, 1.82) is 0 Å². The monoisotopic (exact) mass is 276 g/mol. The minimum atomic E-state index is -0.318. The number of hydrogen-bond acceptors (Lipinski definition) is 1. The van der Waals surface area contributed by atoms with E-state index >= 15 is 0 Å². The minimum Gasteiger partial charge on any atom is -0.330 e. The molecular formula is C14H10F2N2S. The molecule has 0 saturated heterocycles. The van der Waals surface area contributed by atoms with Gasteiger partial charge in [0, 0.05) is 0 Å². The van der Waals surface area contributed by atoms with Crippen LogP contribution in [-0.2, 0) is 6.54 Å². The Labute approximate surface area is 113 Å². The highest BCUT2D eigenvalue weighted by Crippen LogP contribution is 2.17. The molecule has 2 nitrogen and oxygen atoms in total. The van der Waals surface area contributed by atoms with Gasteiger partial charge in [0.05, 0.1) is 17.6 Å². The molecule has 2 aromatic carbocycles. The van der Waals surface area contributed by atoms with Crippen molar-refractivity contribution in [2.45, 2.75) is 6.54 Å². The Morgan fingerprint density at radius 3 is 2.63 bits per heavy atom. The van der Waals surface area contributed by atoms with Gasteiger partial charge in [0.2, 0.25) is 0 Å². The summed E-state index contributed by atoms with van der Waals surface area (Å²) in [5, 5.41) is 0. The van der Waals surface area contributed by atoms with Gasteiger partial charge in [0.1, 0.15) is 11.6 Å². The first kappa shape index (κ1) is 12.0. The van der Waals surface area contributed by atoms with Crippen LogP contribution in [0.5, 0.6) is 0 Å². The maximum atomic E-state index is 13.2. The molecule has 3 aromatic rings. The smallest absolute Gasteiger partial charge is 0.178 e. The van der Waals surface area contributed by atoms with Gasteiger partial charge in [-0.2, -0.15) is 0 Å². The molecule has 1 heterocycles. The van der Waals surface area contributed by atoms with Gasteiger partial charge in [-0.25, -0.2) is 8.78 Å². The highest BCUT2D eigenvalue weighted by Gasteiger charge is 2.06. The number of hydrogen-bond donors (Lipinski definition) is 1. The highest BCUT2D eigenvalue weighted by atomic mass is 32.1. The lowest BCUT2D eigenvalue weighted by molar-refractivity contribution is 0.623. The molecule has 5 heteroatoms. The molecule has 0 atom stereocenters. The summed E-state index contributed by atoms with van der Waals surface area (Å²) in [4.78, 5) is 2.95. The molecule has 19 heavy (non-hydrogen) atoms. The van der Waals surface area contributed by atoms with Crippen LogP contribution in [0.1, 0.15) is 5.56 Å². The van der Waals surface area contributed by atoms with Crippen LogP contribution < -0.4 is 0 Å². The van der Waals surface area contributed by atoms with Gasteiger partial charge in [0.15, 0.2) is 4.77 Å². The first-order chi connectivity index (χ1) is 9.13. The first-order valence-electron chi connectivity index (χ1n) is 5.76. The van der Waals surface area contributed by atoms with Gasteiger partial charge in [0.25, 0.3) is 0 Å². The summed E-state index contributed by atoms with van der Waals surface area (Å²) in [5.74, 6) is -0.600. The Morgan fingerprint density at radius 2 is 1.84 bits per heavy atom. The topological polar surface area (TPSA) is 20.7 Å². The van der Waals surface area contributed by atoms with Gasteiger partial charge in [-0.05, 0) is 48.1 Å². The second-order valence-corrected chi connectivity index (χ2v) is 4.69. The average molecular weight is 276 g/mol. The van der Waals surface area contributed by atoms with Crippen LogP contribution in [0.25, 0.3) is 11.0 Å². The molecule has 0 unspecified atom stereocenters. The Bertz CT molecular complexity index is 805. The zero-order valence-corrected chi connectivity index (χ0v) is 10.7. The molecule has 0 amide bonds. The largest absolute Gasteiger partial charge is 0.330 e. The molecule has 0 bridgehead atoms. The molecule has 0 saturated carbocycles. The highest BCUT2D eigenvalue weighted by molar-refractivity contribution is 7.71. The summed E-state index contributed by atoms with van der Waals surface area (Å²) in [7, 11) is 0. The van der Waals surface area contributed by atoms with Crippen LogP contribution >= 0.6 is 12.2 Å². The van der Waals surface area contributed by atoms with Crippen molar-refractivity contribution in [2.24, 2.45) is 0 Å². The van der Waals surface area contributed by atoms with Crippen molar-refractivity contribution in [2.75, 3.05) is 0 Å². The van der Waals surface area contributed by atoms with Gasteiger partial charge < -0.3 is 9.55 Å². The van der Waals surface area contributed by atoms with E-state index in [2.05, 4.69) is 4.98 Å². The minimum absolute atomic E-state index is 0.282. The van der Waals surface area contributed by atoms with Crippen LogP contribution in [0.4, 0.5) is 8.78 Å². The second-order valence-electron chi connectivity index (χ2n) is 4.31. The lowest BCUT2D eigenvalue weighted by atomic mass is 10.2. The number of benzene rings is 2. The number of nitrogens with one attached hydrogen (secondary N) is 1. The molecule has 0 spiro atoms. The average Bonchev–Trinajstić information content (AvgIpc) is 2.65. The molecule has 1 aromatic heterocycles. The third-order valence-corrected chi connectivity index (χ3v) is 3.29. The Hall–Kier alpha value is -2.01. The van der Waals surface area contributed by atoms with Crippen molar-refractivity contribution in [3.05, 3.63) is 64.4 Å². The lowest BCUT2D eigenvalue weighted by Crippen LogP contribution is -1.99. The summed E-state index contributed by atoms with van der Waals surface area (Å²) in [6.45, 7) is 0.447. The predicted molar refractivity (Wildman–Crippen MR) is 72.6 cm³/mol. The van der Waals surface area contributed by atoms with Gasteiger partial charge >= 0.3 is 0 Å². The first-order valence-corrected chi connectivity index (χ1v) is 6.17. The van der Waals surface area contributed by atoms with Crippen molar-refractivity contribution in [1.82, 2.24) is 9.55 Å². The zero-order chi connectivity index (χ0) is 13.4. The van der Waals surface area contributed by atoms with Crippen molar-refractivity contribution < 1.29 is 8.78 Å². The number of aromatic amines is 1. The van der Waals surface area contributed by atoms with E-state index in [1.54, 1.807) is 12.1 Å². The third-order valence-electron chi connectivity index (χ3n) is 2.97. The molecule has 96 valence electrons. The van der Waals surface area contributed by atoms with E-state index < -0.39 is 0 Å². The van der Waals surface area contributed by atoms with Gasteiger partial charge in [-0.1, -0.05) is 12.1 Å². The van der Waals surface area contributed by atoms with Crippen molar-refractivity contribution >= 4 is 23.3 Å². The predicted octanol–water partition coefficient (Wildman–Crippen LogP) is 4.03. The SMILES string of the molecule is Fc1cccc(Cn2c(=S)[nH]c3cc(F)ccc32)c1. The van der Waals surface area contributed by atoms with Crippen molar-refractivity contribution in [3.8, 4) is 0 Å². The number of nitrogens with zero attached hydrogens (tertiary/aromatic N) is 1. The molecule has 0 aliphatic heterocycles. The van der Waals surface area contributed by atoms with Crippen LogP contribution in [-0.4, -0.2) is 9.55 Å². The molecule has 0 fully saturated rings. The van der Waals surface area contributed by atoms with Gasteiger partial charge in [-0.3, -0.25) is 0 Å². The van der Waals surface area contributed by atoms with E-state index in [1.807, 2.05) is 10.6 Å². The number of rotatable bonds is 2. The standard InChI is InChI=1S/C14H10F2N2S/c15-10-3-1-2-9(6-10)8-18-13-5-4-11(16)7-12(13)17-14(18)19/h1-7H,8H2,(H,17,19). The van der Waals surface area contributed by atoms with E-state index in [0.29, 0.717) is 16.8 Å². The summed E-state index contributed by atoms with van der Waals surface area (Å²) in [5.41, 5.74) is 2.25. The van der Waals surface area contributed by atoms with E-state index in [1.165, 1.54) is 24.3 Å². The quantitative estimate of drug-likeness (QED) is 0.701. The van der Waals surface area contributed by atoms with Crippen LogP contribution in [0.3, 0.4) is 0 Å². The number of aromatic nitrogens is 2. The maximum absolute atomic E-state index is 13.2. The summed E-state index contributed by atoms with van der Waals surface area (Å²) in [6, 6.07) is 10.8. The Balaban J connectivity index is 2.10. The summed E-state index contributed by atoms with van der Waals surface area (Å²) >= 11 is 5.22. The molecule has 1 N–H and O–H groups in total. The molecular weight excluding hydrogens is 266 g/mol. The third kappa shape index (κ3) is 2.29. The van der Waals surface area contributed by atoms with E-state index in [0.717, 1.165) is 11.1 Å². The zero-order valence-electron chi connectivity index (χ0n) is 9.86.